The Morgan fingerprint density at radius 2 is 1.11 bits per heavy atom. The molecule has 0 radical (unpaired) electrons. The molecule has 0 spiro atoms. The van der Waals surface area contributed by atoms with E-state index in [1.807, 2.05) is 0 Å². The standard InChI is InChI=1S/C37H42O6S2/c38-44(39,40)36-12-11-35(28-3-1-2-4-29(28)36)43-45(41,42)37-33(31-17-22-6-9-25(31)14-22)19-27(30-16-21-5-8-24(30)13-21)20-34(37)32-18-23-7-10-26(32)15-23/h1-4,11-12,19-26,30-32H,5-10,13-18H2,(H,38,39,40)/p-1. The van der Waals surface area contributed by atoms with Gasteiger partial charge in [0.2, 0.25) is 0 Å². The number of fused-ring (bicyclic) bond motifs is 7. The van der Waals surface area contributed by atoms with E-state index in [0.717, 1.165) is 42.7 Å². The molecule has 6 saturated carbocycles. The molecule has 0 saturated heterocycles. The summed E-state index contributed by atoms with van der Waals surface area (Å²) < 4.78 is 72.0. The minimum absolute atomic E-state index is 0.0629. The van der Waals surface area contributed by atoms with Crippen molar-refractivity contribution in [1.29, 1.82) is 0 Å². The quantitative estimate of drug-likeness (QED) is 0.190. The van der Waals surface area contributed by atoms with Crippen molar-refractivity contribution >= 4 is 31.0 Å². The monoisotopic (exact) mass is 645 g/mol. The summed E-state index contributed by atoms with van der Waals surface area (Å²) in [4.78, 5) is 0.0255. The normalized spacial score (nSPS) is 35.2. The summed E-state index contributed by atoms with van der Waals surface area (Å²) in [7, 11) is -9.06. The smallest absolute Gasteiger partial charge is 0.339 e. The van der Waals surface area contributed by atoms with Gasteiger partial charge in [0.05, 0.1) is 4.90 Å². The molecule has 6 bridgehead atoms. The van der Waals surface area contributed by atoms with Gasteiger partial charge in [0.25, 0.3) is 0 Å². The minimum atomic E-state index is -4.76. The van der Waals surface area contributed by atoms with Gasteiger partial charge in [0.1, 0.15) is 15.0 Å². The van der Waals surface area contributed by atoms with E-state index in [9.17, 15) is 21.4 Å². The first-order valence-electron chi connectivity index (χ1n) is 17.2. The molecule has 6 nitrogen and oxygen atoms in total. The lowest BCUT2D eigenvalue weighted by Crippen LogP contribution is -2.23. The first kappa shape index (κ1) is 28.8. The zero-order valence-electron chi connectivity index (χ0n) is 25.6. The van der Waals surface area contributed by atoms with Crippen LogP contribution in [0.15, 0.2) is 58.3 Å². The first-order valence-corrected chi connectivity index (χ1v) is 20.0. The van der Waals surface area contributed by atoms with Crippen LogP contribution in [-0.4, -0.2) is 21.4 Å². The van der Waals surface area contributed by atoms with E-state index in [1.165, 1.54) is 75.1 Å². The van der Waals surface area contributed by atoms with Crippen LogP contribution in [0.5, 0.6) is 5.75 Å². The summed E-state index contributed by atoms with van der Waals surface area (Å²) in [6.07, 6.45) is 14.4. The van der Waals surface area contributed by atoms with E-state index < -0.39 is 20.2 Å². The molecule has 0 aliphatic heterocycles. The topological polar surface area (TPSA) is 101 Å². The van der Waals surface area contributed by atoms with Crippen LogP contribution in [0.3, 0.4) is 0 Å². The van der Waals surface area contributed by atoms with Crippen molar-refractivity contribution in [3.63, 3.8) is 0 Å². The van der Waals surface area contributed by atoms with Crippen molar-refractivity contribution in [2.75, 3.05) is 0 Å². The van der Waals surface area contributed by atoms with Crippen molar-refractivity contribution in [3.05, 3.63) is 65.2 Å². The van der Waals surface area contributed by atoms with Crippen LogP contribution in [0.4, 0.5) is 0 Å². The number of hydrogen-bond acceptors (Lipinski definition) is 6. The highest BCUT2D eigenvalue weighted by Gasteiger charge is 2.48. The molecule has 3 aromatic carbocycles. The Labute approximate surface area is 266 Å². The van der Waals surface area contributed by atoms with Crippen molar-refractivity contribution in [1.82, 2.24) is 0 Å². The molecule has 3 aromatic rings. The van der Waals surface area contributed by atoms with Gasteiger partial charge in [0.15, 0.2) is 5.75 Å². The second-order valence-electron chi connectivity index (χ2n) is 15.5. The lowest BCUT2D eigenvalue weighted by molar-refractivity contribution is 0.392. The minimum Gasteiger partial charge on any atom is -0.744 e. The van der Waals surface area contributed by atoms with E-state index in [2.05, 4.69) is 12.1 Å². The molecule has 9 rings (SSSR count). The van der Waals surface area contributed by atoms with Crippen LogP contribution < -0.4 is 4.18 Å². The summed E-state index contributed by atoms with van der Waals surface area (Å²) in [5, 5.41) is 0.480. The molecule has 0 amide bonds. The fourth-order valence-corrected chi connectivity index (χ4v) is 13.5. The molecule has 238 valence electrons. The fraction of sp³-hybridized carbons (Fsp3) is 0.568. The molecule has 6 aliphatic rings. The summed E-state index contributed by atoms with van der Waals surface area (Å²) in [6, 6.07) is 13.6. The van der Waals surface area contributed by atoms with E-state index in [1.54, 1.807) is 18.2 Å². The molecule has 6 fully saturated rings. The van der Waals surface area contributed by atoms with Crippen molar-refractivity contribution in [2.45, 2.75) is 105 Å². The molecule has 0 N–H and O–H groups in total. The maximum absolute atomic E-state index is 14.9. The summed E-state index contributed by atoms with van der Waals surface area (Å²) in [5.74, 6) is 4.88. The lowest BCUT2D eigenvalue weighted by atomic mass is 9.75. The summed E-state index contributed by atoms with van der Waals surface area (Å²) >= 11 is 0. The van der Waals surface area contributed by atoms with Crippen LogP contribution in [0.1, 0.15) is 111 Å². The van der Waals surface area contributed by atoms with E-state index in [0.29, 0.717) is 45.8 Å². The highest BCUT2D eigenvalue weighted by atomic mass is 32.2. The number of hydrogen-bond donors (Lipinski definition) is 0. The van der Waals surface area contributed by atoms with Gasteiger partial charge >= 0.3 is 10.1 Å². The Balaban J connectivity index is 1.22. The second-order valence-corrected chi connectivity index (χ2v) is 18.3. The summed E-state index contributed by atoms with van der Waals surface area (Å²) in [5.41, 5.74) is 3.35. The average molecular weight is 646 g/mol. The predicted octanol–water partition coefficient (Wildman–Crippen LogP) is 8.22. The van der Waals surface area contributed by atoms with Crippen molar-refractivity contribution in [2.24, 2.45) is 35.5 Å². The molecule has 0 aromatic heterocycles. The van der Waals surface area contributed by atoms with Gasteiger partial charge in [-0.15, -0.1) is 0 Å². The molecule has 45 heavy (non-hydrogen) atoms. The van der Waals surface area contributed by atoms with Gasteiger partial charge in [-0.3, -0.25) is 0 Å². The SMILES string of the molecule is O=S(=O)([O-])c1ccc(OS(=O)(=O)c2c(C3CC4CCC3C4)cc(C3CC4CCC3C4)cc2C2CC3CCC2C3)c2ccccc12. The molecule has 0 heterocycles. The van der Waals surface area contributed by atoms with Gasteiger partial charge in [0, 0.05) is 10.8 Å². The van der Waals surface area contributed by atoms with Gasteiger partial charge in [-0.05, 0) is 140 Å². The Morgan fingerprint density at radius 1 is 0.600 bits per heavy atom. The third-order valence-electron chi connectivity index (χ3n) is 13.2. The van der Waals surface area contributed by atoms with E-state index in [4.69, 9.17) is 4.18 Å². The van der Waals surface area contributed by atoms with Crippen LogP contribution in [-0.2, 0) is 20.2 Å². The molecular weight excluding hydrogens is 605 g/mol. The van der Waals surface area contributed by atoms with Gasteiger partial charge in [-0.1, -0.05) is 55.7 Å². The van der Waals surface area contributed by atoms with Crippen LogP contribution >= 0.6 is 0 Å². The second kappa shape index (κ2) is 10.3. The Morgan fingerprint density at radius 3 is 1.58 bits per heavy atom. The number of rotatable bonds is 7. The van der Waals surface area contributed by atoms with Gasteiger partial charge in [-0.25, -0.2) is 8.42 Å². The van der Waals surface area contributed by atoms with Crippen LogP contribution in [0, 0.1) is 35.5 Å². The highest BCUT2D eigenvalue weighted by molar-refractivity contribution is 7.87. The Bertz CT molecular complexity index is 1870. The average Bonchev–Trinajstić information content (AvgIpc) is 3.88. The third-order valence-corrected chi connectivity index (χ3v) is 15.4. The van der Waals surface area contributed by atoms with Gasteiger partial charge in [-0.2, -0.15) is 8.42 Å². The zero-order valence-corrected chi connectivity index (χ0v) is 27.2. The third kappa shape index (κ3) is 4.71. The molecule has 9 atom stereocenters. The Kier molecular flexibility index (Phi) is 6.58. The maximum atomic E-state index is 14.9. The molecule has 6 aliphatic carbocycles. The lowest BCUT2D eigenvalue weighted by Gasteiger charge is -2.32. The summed E-state index contributed by atoms with van der Waals surface area (Å²) in [6.45, 7) is 0. The molecular formula is C37H41O6S2-. The highest BCUT2D eigenvalue weighted by Crippen LogP contribution is 2.60. The van der Waals surface area contributed by atoms with Crippen LogP contribution in [0.2, 0.25) is 0 Å². The van der Waals surface area contributed by atoms with Crippen molar-refractivity contribution < 1.29 is 25.6 Å². The molecule has 8 heteroatoms. The van der Waals surface area contributed by atoms with Gasteiger partial charge < -0.3 is 8.74 Å². The molecule has 9 unspecified atom stereocenters. The van der Waals surface area contributed by atoms with Crippen LogP contribution in [0.25, 0.3) is 10.8 Å². The van der Waals surface area contributed by atoms with E-state index in [-0.39, 0.29) is 27.9 Å². The van der Waals surface area contributed by atoms with Crippen molar-refractivity contribution in [3.8, 4) is 5.75 Å². The first-order chi connectivity index (χ1) is 21.6. The fourth-order valence-electron chi connectivity index (χ4n) is 11.4. The maximum Gasteiger partial charge on any atom is 0.339 e. The predicted molar refractivity (Wildman–Crippen MR) is 171 cm³/mol. The largest absolute Gasteiger partial charge is 0.744 e. The Hall–Kier alpha value is -2.42. The number of benzene rings is 3. The van der Waals surface area contributed by atoms with E-state index >= 15 is 0 Å². The zero-order chi connectivity index (χ0) is 30.7.